The van der Waals surface area contributed by atoms with E-state index in [1.165, 1.54) is 6.07 Å². The number of phenolic OH excluding ortho intramolecular Hbond substituents is 1. The largest absolute Gasteiger partial charge is 0.507 e. The topological polar surface area (TPSA) is 87.4 Å². The van der Waals surface area contributed by atoms with E-state index in [2.05, 4.69) is 45.4 Å². The van der Waals surface area contributed by atoms with Crippen molar-refractivity contribution in [2.24, 2.45) is 0 Å². The van der Waals surface area contributed by atoms with Gasteiger partial charge in [-0.15, -0.1) is 0 Å². The molecular weight excluding hydrogens is 538 g/mol. The average Bonchev–Trinajstić information content (AvgIpc) is 3.28. The number of nitrogens with one attached hydrogen (secondary N) is 2. The maximum atomic E-state index is 13.0. The standard InChI is InChI=1S/C28H22BrN3O3S/c1-15(2)16-9-12-25-23(13-16)31-27(35-25)21-14-17(10-11-24(21)33)30-28(36)32-26(34)20-7-3-6-19-18(20)5-4-8-22(19)29/h3-15,33H,1-2H3,(H2,30,32,34,36). The van der Waals surface area contributed by atoms with Crippen LogP contribution < -0.4 is 10.6 Å². The van der Waals surface area contributed by atoms with E-state index in [-0.39, 0.29) is 16.8 Å². The minimum atomic E-state index is -0.324. The van der Waals surface area contributed by atoms with Crippen molar-refractivity contribution in [1.29, 1.82) is 0 Å². The Kier molecular flexibility index (Phi) is 6.47. The van der Waals surface area contributed by atoms with E-state index in [4.69, 9.17) is 16.6 Å². The zero-order chi connectivity index (χ0) is 25.4. The SMILES string of the molecule is CC(C)c1ccc2oc(-c3cc(NC(=S)NC(=O)c4cccc5c(Br)cccc45)ccc3O)nc2c1. The summed E-state index contributed by atoms with van der Waals surface area (Å²) in [6.07, 6.45) is 0. The number of aromatic nitrogens is 1. The lowest BCUT2D eigenvalue weighted by molar-refractivity contribution is 0.0979. The van der Waals surface area contributed by atoms with Crippen LogP contribution in [-0.4, -0.2) is 21.1 Å². The lowest BCUT2D eigenvalue weighted by Gasteiger charge is -2.12. The normalized spacial score (nSPS) is 11.2. The molecule has 3 N–H and O–H groups in total. The Hall–Kier alpha value is -3.75. The molecule has 0 spiro atoms. The number of halogens is 1. The highest BCUT2D eigenvalue weighted by atomic mass is 79.9. The van der Waals surface area contributed by atoms with Crippen LogP contribution >= 0.6 is 28.1 Å². The highest BCUT2D eigenvalue weighted by Gasteiger charge is 2.16. The van der Waals surface area contributed by atoms with Crippen molar-refractivity contribution in [3.05, 3.63) is 88.4 Å². The molecule has 5 aromatic rings. The van der Waals surface area contributed by atoms with Crippen molar-refractivity contribution < 1.29 is 14.3 Å². The zero-order valence-corrected chi connectivity index (χ0v) is 21.9. The molecule has 0 atom stereocenters. The summed E-state index contributed by atoms with van der Waals surface area (Å²) >= 11 is 8.92. The molecule has 180 valence electrons. The van der Waals surface area contributed by atoms with Crippen LogP contribution in [0.1, 0.15) is 35.7 Å². The molecule has 0 aliphatic heterocycles. The quantitative estimate of drug-likeness (QED) is 0.157. The van der Waals surface area contributed by atoms with E-state index in [0.717, 1.165) is 26.3 Å². The molecule has 0 saturated heterocycles. The summed E-state index contributed by atoms with van der Waals surface area (Å²) in [6, 6.07) is 22.0. The number of thiocarbonyl (C=S) groups is 1. The van der Waals surface area contributed by atoms with E-state index in [0.29, 0.717) is 34.2 Å². The van der Waals surface area contributed by atoms with Crippen LogP contribution in [0.15, 0.2) is 81.7 Å². The summed E-state index contributed by atoms with van der Waals surface area (Å²) in [4.78, 5) is 17.5. The number of carbonyl (C=O) groups excluding carboxylic acids is 1. The number of carbonyl (C=O) groups is 1. The van der Waals surface area contributed by atoms with Gasteiger partial charge in [0.15, 0.2) is 10.7 Å². The molecule has 0 bridgehead atoms. The van der Waals surface area contributed by atoms with E-state index in [1.807, 2.05) is 48.5 Å². The predicted octanol–water partition coefficient (Wildman–Crippen LogP) is 7.37. The number of oxazole rings is 1. The Morgan fingerprint density at radius 3 is 2.61 bits per heavy atom. The fourth-order valence-corrected chi connectivity index (χ4v) is 4.72. The molecule has 0 aliphatic carbocycles. The Morgan fingerprint density at radius 1 is 1.03 bits per heavy atom. The molecule has 1 aromatic heterocycles. The van der Waals surface area contributed by atoms with Gasteiger partial charge in [0.25, 0.3) is 5.91 Å². The molecule has 1 heterocycles. The van der Waals surface area contributed by atoms with E-state index >= 15 is 0 Å². The molecule has 4 aromatic carbocycles. The number of hydrogen-bond acceptors (Lipinski definition) is 5. The van der Waals surface area contributed by atoms with Gasteiger partial charge in [0.05, 0.1) is 5.56 Å². The number of hydrogen-bond donors (Lipinski definition) is 3. The van der Waals surface area contributed by atoms with Gasteiger partial charge in [-0.1, -0.05) is 60.1 Å². The molecule has 5 rings (SSSR count). The van der Waals surface area contributed by atoms with Gasteiger partial charge in [0.1, 0.15) is 11.3 Å². The minimum Gasteiger partial charge on any atom is -0.507 e. The first-order chi connectivity index (χ1) is 17.3. The van der Waals surface area contributed by atoms with Crippen molar-refractivity contribution in [3.8, 4) is 17.2 Å². The first-order valence-electron chi connectivity index (χ1n) is 11.3. The van der Waals surface area contributed by atoms with Crippen LogP contribution in [-0.2, 0) is 0 Å². The summed E-state index contributed by atoms with van der Waals surface area (Å²) < 4.78 is 6.81. The second-order valence-corrected chi connectivity index (χ2v) is 9.94. The van der Waals surface area contributed by atoms with Crippen molar-refractivity contribution in [1.82, 2.24) is 10.3 Å². The maximum absolute atomic E-state index is 13.0. The molecular formula is C28H22BrN3O3S. The van der Waals surface area contributed by atoms with Gasteiger partial charge in [-0.2, -0.15) is 0 Å². The number of nitrogens with zero attached hydrogens (tertiary/aromatic N) is 1. The maximum Gasteiger partial charge on any atom is 0.258 e. The smallest absolute Gasteiger partial charge is 0.258 e. The first kappa shape index (κ1) is 24.0. The minimum absolute atomic E-state index is 0.0208. The number of aromatic hydroxyl groups is 1. The third kappa shape index (κ3) is 4.69. The highest BCUT2D eigenvalue weighted by molar-refractivity contribution is 9.10. The molecule has 0 fully saturated rings. The van der Waals surface area contributed by atoms with Gasteiger partial charge < -0.3 is 14.8 Å². The fourth-order valence-electron chi connectivity index (χ4n) is 4.01. The summed E-state index contributed by atoms with van der Waals surface area (Å²) in [5, 5.41) is 18.1. The second-order valence-electron chi connectivity index (χ2n) is 8.68. The molecule has 0 aliphatic rings. The van der Waals surface area contributed by atoms with Gasteiger partial charge in [-0.05, 0) is 76.9 Å². The third-order valence-electron chi connectivity index (χ3n) is 5.90. The van der Waals surface area contributed by atoms with E-state index in [1.54, 1.807) is 18.2 Å². The molecule has 8 heteroatoms. The predicted molar refractivity (Wildman–Crippen MR) is 151 cm³/mol. The monoisotopic (exact) mass is 559 g/mol. The Labute approximate surface area is 221 Å². The summed E-state index contributed by atoms with van der Waals surface area (Å²) in [6.45, 7) is 4.23. The van der Waals surface area contributed by atoms with Gasteiger partial charge in [0.2, 0.25) is 5.89 Å². The summed E-state index contributed by atoms with van der Waals surface area (Å²) in [7, 11) is 0. The summed E-state index contributed by atoms with van der Waals surface area (Å²) in [5.41, 5.74) is 4.00. The molecule has 0 radical (unpaired) electrons. The van der Waals surface area contributed by atoms with E-state index < -0.39 is 0 Å². The second kappa shape index (κ2) is 9.72. The lowest BCUT2D eigenvalue weighted by atomic mass is 10.0. The van der Waals surface area contributed by atoms with Crippen LogP contribution in [0.3, 0.4) is 0 Å². The summed E-state index contributed by atoms with van der Waals surface area (Å²) in [5.74, 6) is 0.355. The van der Waals surface area contributed by atoms with Crippen molar-refractivity contribution in [2.75, 3.05) is 5.32 Å². The van der Waals surface area contributed by atoms with Crippen LogP contribution in [0.2, 0.25) is 0 Å². The van der Waals surface area contributed by atoms with Crippen LogP contribution in [0.4, 0.5) is 5.69 Å². The molecule has 0 saturated carbocycles. The molecule has 36 heavy (non-hydrogen) atoms. The van der Waals surface area contributed by atoms with Crippen LogP contribution in [0.25, 0.3) is 33.3 Å². The molecule has 0 unspecified atom stereocenters. The molecule has 1 amide bonds. The van der Waals surface area contributed by atoms with Crippen molar-refractivity contribution >= 4 is 66.7 Å². The number of fused-ring (bicyclic) bond motifs is 2. The molecule has 6 nitrogen and oxygen atoms in total. The fraction of sp³-hybridized carbons (Fsp3) is 0.107. The lowest BCUT2D eigenvalue weighted by Crippen LogP contribution is -2.34. The zero-order valence-electron chi connectivity index (χ0n) is 19.5. The number of amides is 1. The Morgan fingerprint density at radius 2 is 1.81 bits per heavy atom. The number of rotatable bonds is 4. The van der Waals surface area contributed by atoms with Gasteiger partial charge in [-0.25, -0.2) is 4.98 Å². The number of phenols is 1. The van der Waals surface area contributed by atoms with E-state index in [9.17, 15) is 9.90 Å². The van der Waals surface area contributed by atoms with Gasteiger partial charge >= 0.3 is 0 Å². The number of anilines is 1. The van der Waals surface area contributed by atoms with Crippen LogP contribution in [0, 0.1) is 0 Å². The van der Waals surface area contributed by atoms with Gasteiger partial charge in [0, 0.05) is 15.7 Å². The van der Waals surface area contributed by atoms with Crippen molar-refractivity contribution in [2.45, 2.75) is 19.8 Å². The average molecular weight is 560 g/mol. The number of benzene rings is 4. The Bertz CT molecular complexity index is 1640. The highest BCUT2D eigenvalue weighted by Crippen LogP contribution is 2.34. The van der Waals surface area contributed by atoms with Gasteiger partial charge in [-0.3, -0.25) is 10.1 Å². The third-order valence-corrected chi connectivity index (χ3v) is 6.80. The Balaban J connectivity index is 1.37. The van der Waals surface area contributed by atoms with Crippen LogP contribution in [0.5, 0.6) is 5.75 Å². The first-order valence-corrected chi connectivity index (χ1v) is 12.5. The van der Waals surface area contributed by atoms with Crippen molar-refractivity contribution in [3.63, 3.8) is 0 Å².